The Hall–Kier alpha value is -2.77. The van der Waals surface area contributed by atoms with Gasteiger partial charge in [-0.3, -0.25) is 4.79 Å². The van der Waals surface area contributed by atoms with Crippen LogP contribution in [0.1, 0.15) is 53.2 Å². The molecule has 0 atom stereocenters. The molecule has 0 saturated heterocycles. The van der Waals surface area contributed by atoms with Gasteiger partial charge in [0.05, 0.1) is 5.69 Å². The van der Waals surface area contributed by atoms with Gasteiger partial charge in [0.25, 0.3) is 5.91 Å². The van der Waals surface area contributed by atoms with Crippen LogP contribution in [0.15, 0.2) is 12.4 Å². The minimum atomic E-state index is -0.166. The predicted molar refractivity (Wildman–Crippen MR) is 93.6 cm³/mol. The highest BCUT2D eigenvalue weighted by Gasteiger charge is 2.19. The Morgan fingerprint density at radius 1 is 1.28 bits per heavy atom. The maximum Gasteiger partial charge on any atom is 0.257 e. The third kappa shape index (κ3) is 3.24. The van der Waals surface area contributed by atoms with E-state index < -0.39 is 0 Å². The summed E-state index contributed by atoms with van der Waals surface area (Å²) >= 11 is 0. The summed E-state index contributed by atoms with van der Waals surface area (Å²) < 4.78 is 3.72. The van der Waals surface area contributed by atoms with Crippen molar-refractivity contribution in [2.75, 3.05) is 6.54 Å². The molecule has 0 aromatic carbocycles. The first-order valence-corrected chi connectivity index (χ1v) is 8.38. The monoisotopic (exact) mass is 341 g/mol. The van der Waals surface area contributed by atoms with Crippen LogP contribution in [0.2, 0.25) is 0 Å². The molecule has 0 bridgehead atoms. The molecule has 8 nitrogen and oxygen atoms in total. The van der Waals surface area contributed by atoms with Crippen molar-refractivity contribution in [2.45, 2.75) is 47.1 Å². The fourth-order valence-electron chi connectivity index (χ4n) is 2.95. The molecule has 1 N–H and O–H groups in total. The van der Waals surface area contributed by atoms with Gasteiger partial charge in [-0.25, -0.2) is 9.50 Å². The summed E-state index contributed by atoms with van der Waals surface area (Å²) in [6.45, 7) is 10.3. The van der Waals surface area contributed by atoms with Crippen LogP contribution >= 0.6 is 0 Å². The summed E-state index contributed by atoms with van der Waals surface area (Å²) in [5.74, 6) is 0.692. The fraction of sp³-hybridized carbons (Fsp3) is 0.471. The summed E-state index contributed by atoms with van der Waals surface area (Å²) in [7, 11) is 0. The lowest BCUT2D eigenvalue weighted by Gasteiger charge is -2.10. The lowest BCUT2D eigenvalue weighted by Crippen LogP contribution is -2.27. The molecule has 25 heavy (non-hydrogen) atoms. The SMILES string of the molecule is Cc1cc(C)n2nc(C)c(C(=O)NCCc3nncn3C(C)C)c2n1. The van der Waals surface area contributed by atoms with Crippen LogP contribution in [-0.2, 0) is 6.42 Å². The first kappa shape index (κ1) is 17.1. The van der Waals surface area contributed by atoms with Crippen molar-refractivity contribution in [3.05, 3.63) is 40.9 Å². The van der Waals surface area contributed by atoms with E-state index in [1.165, 1.54) is 0 Å². The van der Waals surface area contributed by atoms with Crippen LogP contribution in [0.3, 0.4) is 0 Å². The number of aromatic nitrogens is 6. The van der Waals surface area contributed by atoms with Gasteiger partial charge in [-0.1, -0.05) is 0 Å². The van der Waals surface area contributed by atoms with Crippen LogP contribution in [0, 0.1) is 20.8 Å². The highest BCUT2D eigenvalue weighted by molar-refractivity contribution is 6.01. The predicted octanol–water partition coefficient (Wildman–Crippen LogP) is 1.80. The molecule has 0 saturated carbocycles. The molecule has 3 aromatic heterocycles. The zero-order chi connectivity index (χ0) is 18.1. The third-order valence-electron chi connectivity index (χ3n) is 4.13. The Balaban J connectivity index is 1.77. The van der Waals surface area contributed by atoms with E-state index in [1.807, 2.05) is 31.4 Å². The molecule has 1 amide bonds. The fourth-order valence-corrected chi connectivity index (χ4v) is 2.95. The molecule has 0 aliphatic carbocycles. The maximum atomic E-state index is 12.7. The van der Waals surface area contributed by atoms with Crippen molar-refractivity contribution in [1.29, 1.82) is 0 Å². The molecule has 3 rings (SSSR count). The van der Waals surface area contributed by atoms with Gasteiger partial charge >= 0.3 is 0 Å². The first-order valence-electron chi connectivity index (χ1n) is 8.38. The first-order chi connectivity index (χ1) is 11.9. The molecule has 3 heterocycles. The zero-order valence-corrected chi connectivity index (χ0v) is 15.2. The second kappa shape index (κ2) is 6.62. The van der Waals surface area contributed by atoms with Crippen molar-refractivity contribution in [3.63, 3.8) is 0 Å². The topological polar surface area (TPSA) is 90.0 Å². The van der Waals surface area contributed by atoms with E-state index in [9.17, 15) is 4.79 Å². The molecule has 0 fully saturated rings. The Kier molecular flexibility index (Phi) is 4.52. The minimum absolute atomic E-state index is 0.166. The average Bonchev–Trinajstić information content (AvgIpc) is 3.11. The van der Waals surface area contributed by atoms with E-state index >= 15 is 0 Å². The van der Waals surface area contributed by atoms with Gasteiger partial charge in [0.1, 0.15) is 17.7 Å². The van der Waals surface area contributed by atoms with Gasteiger partial charge < -0.3 is 9.88 Å². The molecule has 0 spiro atoms. The Morgan fingerprint density at radius 3 is 2.76 bits per heavy atom. The lowest BCUT2D eigenvalue weighted by atomic mass is 10.2. The van der Waals surface area contributed by atoms with Crippen molar-refractivity contribution in [3.8, 4) is 0 Å². The molecule has 0 aliphatic heterocycles. The van der Waals surface area contributed by atoms with E-state index in [2.05, 4.69) is 39.4 Å². The van der Waals surface area contributed by atoms with E-state index in [4.69, 9.17) is 0 Å². The highest BCUT2D eigenvalue weighted by Crippen LogP contribution is 2.16. The number of rotatable bonds is 5. The largest absolute Gasteiger partial charge is 0.351 e. The van der Waals surface area contributed by atoms with Crippen LogP contribution < -0.4 is 5.32 Å². The van der Waals surface area contributed by atoms with Gasteiger partial charge in [-0.15, -0.1) is 10.2 Å². The normalized spacial score (nSPS) is 11.4. The summed E-state index contributed by atoms with van der Waals surface area (Å²) in [6.07, 6.45) is 2.33. The number of carbonyl (C=O) groups is 1. The number of hydrogen-bond acceptors (Lipinski definition) is 5. The third-order valence-corrected chi connectivity index (χ3v) is 4.13. The highest BCUT2D eigenvalue weighted by atomic mass is 16.1. The van der Waals surface area contributed by atoms with Crippen molar-refractivity contribution < 1.29 is 4.79 Å². The number of aryl methyl sites for hydroxylation is 3. The molecule has 132 valence electrons. The minimum Gasteiger partial charge on any atom is -0.351 e. The van der Waals surface area contributed by atoms with Crippen LogP contribution in [-0.4, -0.2) is 41.8 Å². The van der Waals surface area contributed by atoms with Crippen molar-refractivity contribution >= 4 is 11.6 Å². The lowest BCUT2D eigenvalue weighted by molar-refractivity contribution is 0.0954. The van der Waals surface area contributed by atoms with E-state index in [-0.39, 0.29) is 11.9 Å². The van der Waals surface area contributed by atoms with Crippen molar-refractivity contribution in [1.82, 2.24) is 34.7 Å². The van der Waals surface area contributed by atoms with Gasteiger partial charge in [-0.2, -0.15) is 5.10 Å². The van der Waals surface area contributed by atoms with Gasteiger partial charge in [0.15, 0.2) is 5.65 Å². The molecule has 0 radical (unpaired) electrons. The summed E-state index contributed by atoms with van der Waals surface area (Å²) in [4.78, 5) is 17.2. The number of nitrogens with zero attached hydrogens (tertiary/aromatic N) is 6. The summed E-state index contributed by atoms with van der Waals surface area (Å²) in [5, 5.41) is 15.4. The summed E-state index contributed by atoms with van der Waals surface area (Å²) in [5.41, 5.74) is 3.61. The number of nitrogens with one attached hydrogen (secondary N) is 1. The van der Waals surface area contributed by atoms with E-state index in [1.54, 1.807) is 10.8 Å². The van der Waals surface area contributed by atoms with Crippen molar-refractivity contribution in [2.24, 2.45) is 0 Å². The second-order valence-corrected chi connectivity index (χ2v) is 6.49. The Bertz CT molecular complexity index is 923. The van der Waals surface area contributed by atoms with Crippen LogP contribution in [0.25, 0.3) is 5.65 Å². The second-order valence-electron chi connectivity index (χ2n) is 6.49. The maximum absolute atomic E-state index is 12.7. The molecule has 8 heteroatoms. The van der Waals surface area contributed by atoms with Gasteiger partial charge in [-0.05, 0) is 40.7 Å². The smallest absolute Gasteiger partial charge is 0.257 e. The molecular formula is C17H23N7O. The number of hydrogen-bond donors (Lipinski definition) is 1. The average molecular weight is 341 g/mol. The molecule has 0 aliphatic rings. The number of carbonyl (C=O) groups excluding carboxylic acids is 1. The van der Waals surface area contributed by atoms with Crippen LogP contribution in [0.4, 0.5) is 0 Å². The van der Waals surface area contributed by atoms with E-state index in [0.717, 1.165) is 17.2 Å². The number of amides is 1. The Morgan fingerprint density at radius 2 is 2.04 bits per heavy atom. The Labute approximate surface area is 146 Å². The molecule has 3 aromatic rings. The summed E-state index contributed by atoms with van der Waals surface area (Å²) in [6, 6.07) is 2.23. The number of fused-ring (bicyclic) bond motifs is 1. The van der Waals surface area contributed by atoms with Gasteiger partial charge in [0.2, 0.25) is 0 Å². The quantitative estimate of drug-likeness (QED) is 0.764. The molecule has 0 unspecified atom stereocenters. The van der Waals surface area contributed by atoms with Gasteiger partial charge in [0, 0.05) is 30.4 Å². The zero-order valence-electron chi connectivity index (χ0n) is 15.2. The molecular weight excluding hydrogens is 318 g/mol. The van der Waals surface area contributed by atoms with Crippen LogP contribution in [0.5, 0.6) is 0 Å². The standard InChI is InChI=1S/C17H23N7O/c1-10(2)23-9-19-21-14(23)6-7-18-17(25)15-13(5)22-24-12(4)8-11(3)20-16(15)24/h8-10H,6-7H2,1-5H3,(H,18,25). The van der Waals surface area contributed by atoms with E-state index in [0.29, 0.717) is 29.9 Å².